The van der Waals surface area contributed by atoms with E-state index in [0.29, 0.717) is 0 Å². The van der Waals surface area contributed by atoms with Gasteiger partial charge in [0.1, 0.15) is 12.9 Å². The lowest BCUT2D eigenvalue weighted by atomic mass is 10.1. The number of anilines is 1. The molecule has 1 aromatic heterocycles. The van der Waals surface area contributed by atoms with Crippen LogP contribution in [0, 0.1) is 0 Å². The predicted octanol–water partition coefficient (Wildman–Crippen LogP) is 1.46. The van der Waals surface area contributed by atoms with Crippen molar-refractivity contribution >= 4 is 22.4 Å². The molecule has 0 bridgehead atoms. The maximum Gasteiger partial charge on any atom is 0.246 e. The number of nitrogens with zero attached hydrogens (tertiary/aromatic N) is 4. The first-order valence-corrected chi connectivity index (χ1v) is 5.81. The molecular formula is C13H11N5O. The third-order valence-corrected chi connectivity index (χ3v) is 2.76. The highest BCUT2D eigenvalue weighted by molar-refractivity contribution is 6.01. The molecule has 0 fully saturated rings. The Kier molecular flexibility index (Phi) is 2.89. The number of carbonyl (C=O) groups excluding carboxylic acids is 1. The third kappa shape index (κ3) is 2.42. The van der Waals surface area contributed by atoms with E-state index in [-0.39, 0.29) is 12.5 Å². The van der Waals surface area contributed by atoms with E-state index in [1.807, 2.05) is 42.5 Å². The number of tetrazole rings is 1. The van der Waals surface area contributed by atoms with Crippen LogP contribution in [0.15, 0.2) is 48.8 Å². The molecule has 0 spiro atoms. The van der Waals surface area contributed by atoms with Crippen molar-refractivity contribution in [3.8, 4) is 0 Å². The van der Waals surface area contributed by atoms with Gasteiger partial charge in [-0.15, -0.1) is 5.10 Å². The van der Waals surface area contributed by atoms with Crippen LogP contribution >= 0.6 is 0 Å². The highest BCUT2D eigenvalue weighted by atomic mass is 16.2. The molecule has 1 N–H and O–H groups in total. The number of hydrogen-bond donors (Lipinski definition) is 1. The fourth-order valence-electron chi connectivity index (χ4n) is 1.92. The van der Waals surface area contributed by atoms with E-state index in [1.165, 1.54) is 11.0 Å². The van der Waals surface area contributed by atoms with Crippen LogP contribution in [-0.2, 0) is 11.3 Å². The SMILES string of the molecule is O=C(Cn1cnnn1)Nc1cccc2ccccc12. The van der Waals surface area contributed by atoms with Crippen LogP contribution in [0.4, 0.5) is 5.69 Å². The molecule has 0 radical (unpaired) electrons. The van der Waals surface area contributed by atoms with Gasteiger partial charge in [0.2, 0.25) is 5.91 Å². The molecule has 0 aliphatic rings. The van der Waals surface area contributed by atoms with Crippen molar-refractivity contribution in [2.75, 3.05) is 5.32 Å². The van der Waals surface area contributed by atoms with Crippen molar-refractivity contribution in [2.45, 2.75) is 6.54 Å². The summed E-state index contributed by atoms with van der Waals surface area (Å²) in [6.07, 6.45) is 1.41. The van der Waals surface area contributed by atoms with Gasteiger partial charge in [0.05, 0.1) is 0 Å². The number of aromatic nitrogens is 4. The Morgan fingerprint density at radius 1 is 1.16 bits per heavy atom. The summed E-state index contributed by atoms with van der Waals surface area (Å²) in [6.45, 7) is 0.0935. The van der Waals surface area contributed by atoms with E-state index in [9.17, 15) is 4.79 Å². The molecule has 0 atom stereocenters. The summed E-state index contributed by atoms with van der Waals surface area (Å²) >= 11 is 0. The molecule has 3 rings (SSSR count). The van der Waals surface area contributed by atoms with Gasteiger partial charge in [-0.1, -0.05) is 36.4 Å². The number of amides is 1. The zero-order valence-corrected chi connectivity index (χ0v) is 10.0. The van der Waals surface area contributed by atoms with Gasteiger partial charge >= 0.3 is 0 Å². The molecule has 19 heavy (non-hydrogen) atoms. The highest BCUT2D eigenvalue weighted by Gasteiger charge is 2.06. The molecule has 0 aliphatic carbocycles. The lowest BCUT2D eigenvalue weighted by molar-refractivity contribution is -0.116. The Morgan fingerprint density at radius 3 is 2.84 bits per heavy atom. The third-order valence-electron chi connectivity index (χ3n) is 2.76. The van der Waals surface area contributed by atoms with Gasteiger partial charge in [-0.05, 0) is 21.9 Å². The van der Waals surface area contributed by atoms with E-state index in [2.05, 4.69) is 20.8 Å². The van der Waals surface area contributed by atoms with Gasteiger partial charge in [0.25, 0.3) is 0 Å². The van der Waals surface area contributed by atoms with Crippen molar-refractivity contribution in [1.82, 2.24) is 20.2 Å². The largest absolute Gasteiger partial charge is 0.324 e. The molecular weight excluding hydrogens is 242 g/mol. The molecule has 0 saturated heterocycles. The highest BCUT2D eigenvalue weighted by Crippen LogP contribution is 2.22. The van der Waals surface area contributed by atoms with Crippen molar-refractivity contribution in [1.29, 1.82) is 0 Å². The zero-order chi connectivity index (χ0) is 13.1. The minimum atomic E-state index is -0.163. The van der Waals surface area contributed by atoms with Crippen LogP contribution in [0.1, 0.15) is 0 Å². The minimum absolute atomic E-state index is 0.0935. The molecule has 6 heteroatoms. The van der Waals surface area contributed by atoms with Crippen LogP contribution < -0.4 is 5.32 Å². The van der Waals surface area contributed by atoms with Crippen LogP contribution in [-0.4, -0.2) is 26.1 Å². The van der Waals surface area contributed by atoms with E-state index in [4.69, 9.17) is 0 Å². The molecule has 2 aromatic carbocycles. The topological polar surface area (TPSA) is 72.7 Å². The number of hydrogen-bond acceptors (Lipinski definition) is 4. The van der Waals surface area contributed by atoms with Gasteiger partial charge in [-0.3, -0.25) is 4.79 Å². The molecule has 1 amide bonds. The molecule has 6 nitrogen and oxygen atoms in total. The number of fused-ring (bicyclic) bond motifs is 1. The van der Waals surface area contributed by atoms with Gasteiger partial charge in [0.15, 0.2) is 0 Å². The lowest BCUT2D eigenvalue weighted by Crippen LogP contribution is -2.19. The first-order chi connectivity index (χ1) is 9.33. The Morgan fingerprint density at radius 2 is 2.00 bits per heavy atom. The standard InChI is InChI=1S/C13H11N5O/c19-13(8-18-9-14-16-17-18)15-12-7-3-5-10-4-1-2-6-11(10)12/h1-7,9H,8H2,(H,15,19). The van der Waals surface area contributed by atoms with E-state index >= 15 is 0 Å². The molecule has 0 aliphatic heterocycles. The van der Waals surface area contributed by atoms with E-state index in [1.54, 1.807) is 0 Å². The fraction of sp³-hybridized carbons (Fsp3) is 0.0769. The average molecular weight is 253 g/mol. The smallest absolute Gasteiger partial charge is 0.246 e. The summed E-state index contributed by atoms with van der Waals surface area (Å²) in [5, 5.41) is 15.6. The van der Waals surface area contributed by atoms with Crippen molar-refractivity contribution < 1.29 is 4.79 Å². The molecule has 0 unspecified atom stereocenters. The molecule has 3 aromatic rings. The van der Waals surface area contributed by atoms with Crippen LogP contribution in [0.25, 0.3) is 10.8 Å². The summed E-state index contributed by atoms with van der Waals surface area (Å²) in [4.78, 5) is 11.9. The van der Waals surface area contributed by atoms with Crippen molar-refractivity contribution in [3.63, 3.8) is 0 Å². The second kappa shape index (κ2) is 4.85. The first-order valence-electron chi connectivity index (χ1n) is 5.81. The molecule has 94 valence electrons. The first kappa shape index (κ1) is 11.3. The van der Waals surface area contributed by atoms with Crippen molar-refractivity contribution in [2.24, 2.45) is 0 Å². The fourth-order valence-corrected chi connectivity index (χ4v) is 1.92. The summed E-state index contributed by atoms with van der Waals surface area (Å²) < 4.78 is 1.38. The average Bonchev–Trinajstić information content (AvgIpc) is 2.92. The maximum absolute atomic E-state index is 11.9. The van der Waals surface area contributed by atoms with Gasteiger partial charge in [0, 0.05) is 11.1 Å². The van der Waals surface area contributed by atoms with Crippen LogP contribution in [0.5, 0.6) is 0 Å². The molecule has 1 heterocycles. The second-order valence-electron chi connectivity index (χ2n) is 4.08. The lowest BCUT2D eigenvalue weighted by Gasteiger charge is -2.08. The number of rotatable bonds is 3. The summed E-state index contributed by atoms with van der Waals surface area (Å²) in [5.41, 5.74) is 0.788. The minimum Gasteiger partial charge on any atom is -0.324 e. The Labute approximate surface area is 109 Å². The number of carbonyl (C=O) groups is 1. The summed E-state index contributed by atoms with van der Waals surface area (Å²) in [7, 11) is 0. The van der Waals surface area contributed by atoms with Crippen LogP contribution in [0.2, 0.25) is 0 Å². The van der Waals surface area contributed by atoms with Gasteiger partial charge in [-0.25, -0.2) is 4.68 Å². The number of benzene rings is 2. The predicted molar refractivity (Wildman–Crippen MR) is 70.4 cm³/mol. The van der Waals surface area contributed by atoms with Crippen molar-refractivity contribution in [3.05, 3.63) is 48.8 Å². The molecule has 0 saturated carbocycles. The Balaban J connectivity index is 1.83. The Bertz CT molecular complexity index is 703. The normalized spacial score (nSPS) is 10.5. The summed E-state index contributed by atoms with van der Waals surface area (Å²) in [5.74, 6) is -0.163. The number of nitrogens with one attached hydrogen (secondary N) is 1. The van der Waals surface area contributed by atoms with E-state index in [0.717, 1.165) is 16.5 Å². The van der Waals surface area contributed by atoms with Gasteiger partial charge in [-0.2, -0.15) is 0 Å². The Hall–Kier alpha value is -2.76. The summed E-state index contributed by atoms with van der Waals surface area (Å²) in [6, 6.07) is 13.7. The van der Waals surface area contributed by atoms with Gasteiger partial charge < -0.3 is 5.32 Å². The zero-order valence-electron chi connectivity index (χ0n) is 10.0. The van der Waals surface area contributed by atoms with E-state index < -0.39 is 0 Å². The quantitative estimate of drug-likeness (QED) is 0.767. The van der Waals surface area contributed by atoms with Crippen LogP contribution in [0.3, 0.4) is 0 Å². The maximum atomic E-state index is 11.9. The second-order valence-corrected chi connectivity index (χ2v) is 4.08. The monoisotopic (exact) mass is 253 g/mol.